The van der Waals surface area contributed by atoms with E-state index in [-0.39, 0.29) is 5.97 Å². The molecule has 1 aromatic rings. The van der Waals surface area contributed by atoms with E-state index < -0.39 is 5.79 Å². The van der Waals surface area contributed by atoms with Crippen LogP contribution in [0.5, 0.6) is 0 Å². The first-order valence-corrected chi connectivity index (χ1v) is 6.50. The summed E-state index contributed by atoms with van der Waals surface area (Å²) in [6.07, 6.45) is 2.03. The van der Waals surface area contributed by atoms with Crippen LogP contribution in [0.15, 0.2) is 30.3 Å². The summed E-state index contributed by atoms with van der Waals surface area (Å²) in [5, 5.41) is 17.4. The molecule has 0 unspecified atom stereocenters. The summed E-state index contributed by atoms with van der Waals surface area (Å²) in [5.41, 5.74) is 1.17. The highest BCUT2D eigenvalue weighted by molar-refractivity contribution is 5.69. The van der Waals surface area contributed by atoms with Gasteiger partial charge in [-0.1, -0.05) is 44.2 Å². The van der Waals surface area contributed by atoms with Gasteiger partial charge in [-0.25, -0.2) is 0 Å². The lowest BCUT2D eigenvalue weighted by molar-refractivity contribution is -0.163. The number of hydrogen-bond acceptors (Lipinski definition) is 4. The molecule has 19 heavy (non-hydrogen) atoms. The number of carbonyl (C=O) groups excluding carboxylic acids is 1. The fourth-order valence-corrected chi connectivity index (χ4v) is 1.24. The van der Waals surface area contributed by atoms with Crippen molar-refractivity contribution in [3.05, 3.63) is 35.9 Å². The van der Waals surface area contributed by atoms with Crippen LogP contribution < -0.4 is 0 Å². The third-order valence-corrected chi connectivity index (χ3v) is 2.82. The maximum atomic E-state index is 10.8. The Labute approximate surface area is 115 Å². The number of ether oxygens (including phenoxy) is 1. The molecule has 0 spiro atoms. The van der Waals surface area contributed by atoms with Gasteiger partial charge in [-0.3, -0.25) is 4.79 Å². The zero-order valence-corrected chi connectivity index (χ0v) is 11.9. The van der Waals surface area contributed by atoms with E-state index in [1.165, 1.54) is 12.7 Å². The van der Waals surface area contributed by atoms with Crippen LogP contribution in [0, 0.1) is 0 Å². The summed E-state index contributed by atoms with van der Waals surface area (Å²) < 4.78 is 4.53. The van der Waals surface area contributed by atoms with Crippen molar-refractivity contribution >= 4 is 5.97 Å². The summed E-state index contributed by atoms with van der Waals surface area (Å²) in [4.78, 5) is 10.8. The highest BCUT2D eigenvalue weighted by Gasteiger charge is 2.15. The third kappa shape index (κ3) is 9.22. The summed E-state index contributed by atoms with van der Waals surface area (Å²) in [6.45, 7) is 3.48. The molecular weight excluding hydrogens is 244 g/mol. The lowest BCUT2D eigenvalue weighted by Gasteiger charge is -2.15. The Balaban J connectivity index is 0.000000399. The molecule has 4 nitrogen and oxygen atoms in total. The van der Waals surface area contributed by atoms with Crippen molar-refractivity contribution < 1.29 is 19.7 Å². The molecule has 0 fully saturated rings. The van der Waals surface area contributed by atoms with Gasteiger partial charge in [-0.15, -0.1) is 0 Å². The molecule has 0 heterocycles. The van der Waals surface area contributed by atoms with Crippen LogP contribution in [0.1, 0.15) is 38.7 Å². The zero-order valence-electron chi connectivity index (χ0n) is 11.9. The molecule has 0 aromatic heterocycles. The molecule has 1 rings (SSSR count). The van der Waals surface area contributed by atoms with Crippen molar-refractivity contribution in [2.45, 2.75) is 45.3 Å². The number of esters is 1. The Morgan fingerprint density at radius 2 is 1.68 bits per heavy atom. The Bertz CT molecular complexity index is 340. The van der Waals surface area contributed by atoms with Gasteiger partial charge in [0.1, 0.15) is 0 Å². The van der Waals surface area contributed by atoms with Gasteiger partial charge in [0.25, 0.3) is 0 Å². The average molecular weight is 268 g/mol. The number of benzene rings is 1. The van der Waals surface area contributed by atoms with E-state index in [0.29, 0.717) is 19.3 Å². The van der Waals surface area contributed by atoms with Crippen LogP contribution in [-0.2, 0) is 16.0 Å². The van der Waals surface area contributed by atoms with E-state index in [9.17, 15) is 4.79 Å². The molecule has 0 saturated carbocycles. The molecule has 0 atom stereocenters. The van der Waals surface area contributed by atoms with Crippen LogP contribution in [-0.4, -0.2) is 29.1 Å². The molecule has 0 saturated heterocycles. The van der Waals surface area contributed by atoms with E-state index in [1.807, 2.05) is 30.3 Å². The van der Waals surface area contributed by atoms with Crippen LogP contribution in [0.4, 0.5) is 0 Å². The minimum Gasteiger partial charge on any atom is -0.469 e. The Morgan fingerprint density at radius 3 is 2.05 bits per heavy atom. The standard InChI is InChI=1S/C10H12O2.C5H12O2/c1-12-10(11)8-7-9-5-3-2-4-6-9;1-3-5(6,7)4-2/h2-6H,7-8H2,1H3;6-7H,3-4H2,1-2H3. The molecule has 108 valence electrons. The van der Waals surface area contributed by atoms with Crippen molar-refractivity contribution in [2.75, 3.05) is 7.11 Å². The van der Waals surface area contributed by atoms with Gasteiger partial charge in [-0.05, 0) is 24.8 Å². The van der Waals surface area contributed by atoms with Gasteiger partial charge >= 0.3 is 5.97 Å². The van der Waals surface area contributed by atoms with Gasteiger partial charge in [0.2, 0.25) is 0 Å². The van der Waals surface area contributed by atoms with Gasteiger partial charge in [-0.2, -0.15) is 0 Å². The monoisotopic (exact) mass is 268 g/mol. The fourth-order valence-electron chi connectivity index (χ4n) is 1.24. The third-order valence-electron chi connectivity index (χ3n) is 2.82. The second-order valence-corrected chi connectivity index (χ2v) is 4.25. The topological polar surface area (TPSA) is 66.8 Å². The van der Waals surface area contributed by atoms with Crippen molar-refractivity contribution in [1.29, 1.82) is 0 Å². The number of rotatable bonds is 5. The van der Waals surface area contributed by atoms with Crippen LogP contribution in [0.3, 0.4) is 0 Å². The van der Waals surface area contributed by atoms with Crippen molar-refractivity contribution in [1.82, 2.24) is 0 Å². The number of aliphatic hydroxyl groups is 2. The van der Waals surface area contributed by atoms with E-state index >= 15 is 0 Å². The van der Waals surface area contributed by atoms with E-state index in [1.54, 1.807) is 13.8 Å². The molecule has 1 aromatic carbocycles. The van der Waals surface area contributed by atoms with Crippen molar-refractivity contribution in [3.63, 3.8) is 0 Å². The second-order valence-electron chi connectivity index (χ2n) is 4.25. The van der Waals surface area contributed by atoms with Crippen LogP contribution >= 0.6 is 0 Å². The van der Waals surface area contributed by atoms with E-state index in [0.717, 1.165) is 6.42 Å². The Morgan fingerprint density at radius 1 is 1.16 bits per heavy atom. The van der Waals surface area contributed by atoms with Crippen molar-refractivity contribution in [2.24, 2.45) is 0 Å². The van der Waals surface area contributed by atoms with E-state index in [4.69, 9.17) is 10.2 Å². The second kappa shape index (κ2) is 9.53. The molecule has 0 aliphatic carbocycles. The summed E-state index contributed by atoms with van der Waals surface area (Å²) >= 11 is 0. The first kappa shape index (κ1) is 17.6. The Kier molecular flexibility index (Phi) is 8.83. The summed E-state index contributed by atoms with van der Waals surface area (Å²) in [6, 6.07) is 9.90. The minimum absolute atomic E-state index is 0.154. The minimum atomic E-state index is -1.42. The lowest BCUT2D eigenvalue weighted by Crippen LogP contribution is -2.24. The van der Waals surface area contributed by atoms with Crippen LogP contribution in [0.25, 0.3) is 0 Å². The molecule has 0 aliphatic rings. The summed E-state index contributed by atoms with van der Waals surface area (Å²) in [5.74, 6) is -1.57. The predicted molar refractivity (Wildman–Crippen MR) is 74.5 cm³/mol. The summed E-state index contributed by atoms with van der Waals surface area (Å²) in [7, 11) is 1.41. The zero-order chi connectivity index (χ0) is 14.7. The SMILES string of the molecule is CCC(O)(O)CC.COC(=O)CCc1ccccc1. The highest BCUT2D eigenvalue weighted by Crippen LogP contribution is 2.07. The van der Waals surface area contributed by atoms with Gasteiger partial charge < -0.3 is 14.9 Å². The van der Waals surface area contributed by atoms with Crippen LogP contribution in [0.2, 0.25) is 0 Å². The fraction of sp³-hybridized carbons (Fsp3) is 0.533. The van der Waals surface area contributed by atoms with Crippen molar-refractivity contribution in [3.8, 4) is 0 Å². The number of aryl methyl sites for hydroxylation is 1. The number of hydrogen-bond donors (Lipinski definition) is 2. The average Bonchev–Trinajstić information content (AvgIpc) is 2.46. The molecule has 4 heteroatoms. The lowest BCUT2D eigenvalue weighted by atomic mass is 10.1. The Hall–Kier alpha value is -1.39. The van der Waals surface area contributed by atoms with Gasteiger partial charge in [0.05, 0.1) is 7.11 Å². The maximum Gasteiger partial charge on any atom is 0.305 e. The molecule has 0 bridgehead atoms. The highest BCUT2D eigenvalue weighted by atomic mass is 16.5. The van der Waals surface area contributed by atoms with Gasteiger partial charge in [0, 0.05) is 6.42 Å². The normalized spacial score (nSPS) is 10.4. The quantitative estimate of drug-likeness (QED) is 0.635. The maximum absolute atomic E-state index is 10.8. The molecular formula is C15H24O4. The smallest absolute Gasteiger partial charge is 0.305 e. The molecule has 0 aliphatic heterocycles. The molecule has 2 N–H and O–H groups in total. The van der Waals surface area contributed by atoms with E-state index in [2.05, 4.69) is 4.74 Å². The predicted octanol–water partition coefficient (Wildman–Crippen LogP) is 2.28. The number of carbonyl (C=O) groups is 1. The number of methoxy groups -OCH3 is 1. The largest absolute Gasteiger partial charge is 0.469 e. The molecule has 0 radical (unpaired) electrons. The van der Waals surface area contributed by atoms with Gasteiger partial charge in [0.15, 0.2) is 5.79 Å². The first-order valence-electron chi connectivity index (χ1n) is 6.50. The first-order chi connectivity index (χ1) is 8.95. The molecule has 0 amide bonds.